The van der Waals surface area contributed by atoms with Crippen LogP contribution in [-0.4, -0.2) is 25.3 Å². The molecule has 4 nitrogen and oxygen atoms in total. The number of Topliss-reactive ketones (excluding diaryl/α,β-unsaturated/α-hetero) is 2. The molecule has 1 aliphatic carbocycles. The summed E-state index contributed by atoms with van der Waals surface area (Å²) in [5, 5.41) is 0. The van der Waals surface area contributed by atoms with Gasteiger partial charge >= 0.3 is 0 Å². The molecule has 4 heteroatoms. The lowest BCUT2D eigenvalue weighted by Crippen LogP contribution is -2.21. The van der Waals surface area contributed by atoms with Gasteiger partial charge in [-0.15, -0.1) is 0 Å². The third-order valence-electron chi connectivity index (χ3n) is 2.88. The molecule has 0 saturated carbocycles. The SMILES string of the molecule is CCOc1ccc2c(c1)C(=O)C(C)=C(OC)C2=O. The van der Waals surface area contributed by atoms with E-state index in [4.69, 9.17) is 9.47 Å². The Bertz CT molecular complexity index is 555. The van der Waals surface area contributed by atoms with Gasteiger partial charge in [0.1, 0.15) is 5.75 Å². The second kappa shape index (κ2) is 4.64. The van der Waals surface area contributed by atoms with Crippen molar-refractivity contribution < 1.29 is 19.1 Å². The molecule has 0 radical (unpaired) electrons. The van der Waals surface area contributed by atoms with Gasteiger partial charge in [-0.05, 0) is 32.0 Å². The van der Waals surface area contributed by atoms with Crippen LogP contribution in [0, 0.1) is 0 Å². The van der Waals surface area contributed by atoms with Crippen LogP contribution in [0.25, 0.3) is 0 Å². The first-order chi connectivity index (χ1) is 8.60. The van der Waals surface area contributed by atoms with Crippen molar-refractivity contribution in [3.05, 3.63) is 40.7 Å². The number of carbonyl (C=O) groups excluding carboxylic acids is 2. The standard InChI is InChI=1S/C14H14O4/c1-4-18-9-5-6-10-11(7-9)12(15)8(2)14(17-3)13(10)16/h5-7H,4H2,1-3H3. The van der Waals surface area contributed by atoms with Crippen molar-refractivity contribution >= 4 is 11.6 Å². The van der Waals surface area contributed by atoms with E-state index in [9.17, 15) is 9.59 Å². The van der Waals surface area contributed by atoms with Gasteiger partial charge in [0.15, 0.2) is 11.5 Å². The number of fused-ring (bicyclic) bond motifs is 1. The van der Waals surface area contributed by atoms with Crippen LogP contribution in [0.15, 0.2) is 29.5 Å². The van der Waals surface area contributed by atoms with Crippen molar-refractivity contribution in [2.75, 3.05) is 13.7 Å². The molecule has 0 aliphatic heterocycles. The number of allylic oxidation sites excluding steroid dienone is 2. The lowest BCUT2D eigenvalue weighted by atomic mass is 9.88. The third-order valence-corrected chi connectivity index (χ3v) is 2.88. The van der Waals surface area contributed by atoms with Crippen LogP contribution < -0.4 is 4.74 Å². The van der Waals surface area contributed by atoms with Crippen LogP contribution in [0.3, 0.4) is 0 Å². The number of hydrogen-bond donors (Lipinski definition) is 0. The summed E-state index contributed by atoms with van der Waals surface area (Å²) < 4.78 is 10.3. The first-order valence-corrected chi connectivity index (χ1v) is 5.71. The molecular weight excluding hydrogens is 232 g/mol. The van der Waals surface area contributed by atoms with E-state index < -0.39 is 0 Å². The van der Waals surface area contributed by atoms with Crippen molar-refractivity contribution in [2.24, 2.45) is 0 Å². The maximum Gasteiger partial charge on any atom is 0.228 e. The highest BCUT2D eigenvalue weighted by atomic mass is 16.5. The molecule has 1 aliphatic rings. The first kappa shape index (κ1) is 12.4. The van der Waals surface area contributed by atoms with E-state index in [-0.39, 0.29) is 17.3 Å². The Labute approximate surface area is 105 Å². The molecule has 0 unspecified atom stereocenters. The minimum absolute atomic E-state index is 0.122. The van der Waals surface area contributed by atoms with Gasteiger partial charge in [0.25, 0.3) is 0 Å². The summed E-state index contributed by atoms with van der Waals surface area (Å²) in [5.74, 6) is 0.262. The van der Waals surface area contributed by atoms with Gasteiger partial charge in [0.2, 0.25) is 5.78 Å². The maximum atomic E-state index is 12.1. The van der Waals surface area contributed by atoms with Gasteiger partial charge < -0.3 is 9.47 Å². The lowest BCUT2D eigenvalue weighted by molar-refractivity contribution is 0.0906. The number of hydrogen-bond acceptors (Lipinski definition) is 4. The maximum absolute atomic E-state index is 12.1. The predicted octanol–water partition coefficient (Wildman–Crippen LogP) is 2.38. The molecule has 1 aromatic rings. The van der Waals surface area contributed by atoms with Crippen LogP contribution in [0.4, 0.5) is 0 Å². The van der Waals surface area contributed by atoms with E-state index in [1.807, 2.05) is 6.92 Å². The van der Waals surface area contributed by atoms with E-state index in [1.54, 1.807) is 25.1 Å². The Balaban J connectivity index is 2.55. The van der Waals surface area contributed by atoms with Crippen LogP contribution in [0.2, 0.25) is 0 Å². The Morgan fingerprint density at radius 2 is 1.83 bits per heavy atom. The van der Waals surface area contributed by atoms with Crippen LogP contribution in [0.1, 0.15) is 34.6 Å². The third kappa shape index (κ3) is 1.79. The molecule has 0 N–H and O–H groups in total. The fraction of sp³-hybridized carbons (Fsp3) is 0.286. The summed E-state index contributed by atoms with van der Waals surface area (Å²) >= 11 is 0. The van der Waals surface area contributed by atoms with Crippen molar-refractivity contribution in [1.29, 1.82) is 0 Å². The Morgan fingerprint density at radius 3 is 2.44 bits per heavy atom. The van der Waals surface area contributed by atoms with Crippen molar-refractivity contribution in [2.45, 2.75) is 13.8 Å². The molecule has 0 heterocycles. The molecule has 94 valence electrons. The Kier molecular flexibility index (Phi) is 3.19. The molecule has 0 saturated heterocycles. The van der Waals surface area contributed by atoms with Crippen molar-refractivity contribution in [3.8, 4) is 5.75 Å². The van der Waals surface area contributed by atoms with Gasteiger partial charge in [0, 0.05) is 16.7 Å². The molecule has 0 amide bonds. The largest absolute Gasteiger partial charge is 0.494 e. The van der Waals surface area contributed by atoms with Gasteiger partial charge in [0.05, 0.1) is 13.7 Å². The fourth-order valence-corrected chi connectivity index (χ4v) is 2.01. The van der Waals surface area contributed by atoms with Crippen LogP contribution >= 0.6 is 0 Å². The quantitative estimate of drug-likeness (QED) is 0.821. The van der Waals surface area contributed by atoms with Crippen molar-refractivity contribution in [3.63, 3.8) is 0 Å². The van der Waals surface area contributed by atoms with E-state index >= 15 is 0 Å². The van der Waals surface area contributed by atoms with Crippen molar-refractivity contribution in [1.82, 2.24) is 0 Å². The molecule has 0 atom stereocenters. The zero-order valence-corrected chi connectivity index (χ0v) is 10.6. The molecule has 1 aromatic carbocycles. The predicted molar refractivity (Wildman–Crippen MR) is 66.0 cm³/mol. The smallest absolute Gasteiger partial charge is 0.228 e. The number of ether oxygens (including phenoxy) is 2. The topological polar surface area (TPSA) is 52.6 Å². The van der Waals surface area contributed by atoms with Crippen LogP contribution in [-0.2, 0) is 4.74 Å². The highest BCUT2D eigenvalue weighted by molar-refractivity contribution is 6.26. The number of rotatable bonds is 3. The summed E-state index contributed by atoms with van der Waals surface area (Å²) in [4.78, 5) is 24.2. The summed E-state index contributed by atoms with van der Waals surface area (Å²) in [7, 11) is 1.39. The van der Waals surface area contributed by atoms with Gasteiger partial charge in [-0.1, -0.05) is 0 Å². The highest BCUT2D eigenvalue weighted by Crippen LogP contribution is 2.29. The highest BCUT2D eigenvalue weighted by Gasteiger charge is 2.31. The second-order valence-electron chi connectivity index (χ2n) is 3.96. The molecule has 0 spiro atoms. The summed E-state index contributed by atoms with van der Waals surface area (Å²) in [5.41, 5.74) is 1.08. The van der Waals surface area contributed by atoms with E-state index in [2.05, 4.69) is 0 Å². The summed E-state index contributed by atoms with van der Waals surface area (Å²) in [6.45, 7) is 3.97. The molecular formula is C14H14O4. The number of carbonyl (C=O) groups is 2. The minimum Gasteiger partial charge on any atom is -0.494 e. The van der Waals surface area contributed by atoms with E-state index in [0.29, 0.717) is 29.1 Å². The molecule has 0 bridgehead atoms. The van der Waals surface area contributed by atoms with Gasteiger partial charge in [-0.3, -0.25) is 9.59 Å². The Hall–Kier alpha value is -2.10. The fourth-order valence-electron chi connectivity index (χ4n) is 2.01. The number of benzene rings is 1. The first-order valence-electron chi connectivity index (χ1n) is 5.71. The van der Waals surface area contributed by atoms with E-state index in [0.717, 1.165) is 0 Å². The average molecular weight is 246 g/mol. The normalized spacial score (nSPS) is 14.6. The number of methoxy groups -OCH3 is 1. The summed E-state index contributed by atoms with van der Waals surface area (Å²) in [6, 6.07) is 4.89. The monoisotopic (exact) mass is 246 g/mol. The average Bonchev–Trinajstić information content (AvgIpc) is 2.37. The van der Waals surface area contributed by atoms with Crippen LogP contribution in [0.5, 0.6) is 5.75 Å². The molecule has 18 heavy (non-hydrogen) atoms. The minimum atomic E-state index is -0.257. The lowest BCUT2D eigenvalue weighted by Gasteiger charge is -2.18. The van der Waals surface area contributed by atoms with Gasteiger partial charge in [-0.25, -0.2) is 0 Å². The molecule has 0 fully saturated rings. The zero-order valence-electron chi connectivity index (χ0n) is 10.6. The summed E-state index contributed by atoms with van der Waals surface area (Å²) in [6.07, 6.45) is 0. The molecule has 2 rings (SSSR count). The number of ketones is 2. The zero-order chi connectivity index (χ0) is 13.3. The molecule has 0 aromatic heterocycles. The van der Waals surface area contributed by atoms with Gasteiger partial charge in [-0.2, -0.15) is 0 Å². The Morgan fingerprint density at radius 1 is 1.11 bits per heavy atom. The van der Waals surface area contributed by atoms with E-state index in [1.165, 1.54) is 7.11 Å². The second-order valence-corrected chi connectivity index (χ2v) is 3.96.